The van der Waals surface area contributed by atoms with Crippen LogP contribution >= 0.6 is 0 Å². The summed E-state index contributed by atoms with van der Waals surface area (Å²) in [7, 11) is 0. The number of aliphatic hydroxyl groups is 6. The first-order valence-corrected chi connectivity index (χ1v) is 15.5. The normalized spacial score (nSPS) is 51.3. The summed E-state index contributed by atoms with van der Waals surface area (Å²) < 4.78 is 24.6. The third-order valence-electron chi connectivity index (χ3n) is 11.4. The summed E-state index contributed by atoms with van der Waals surface area (Å²) in [5.74, 6) is 0.463. The lowest BCUT2D eigenvalue weighted by atomic mass is 9.45. The van der Waals surface area contributed by atoms with E-state index in [0.717, 1.165) is 19.3 Å². The molecule has 4 rings (SSSR count). The van der Waals surface area contributed by atoms with Crippen molar-refractivity contribution >= 4 is 0 Å². The van der Waals surface area contributed by atoms with E-state index >= 15 is 0 Å². The van der Waals surface area contributed by atoms with Gasteiger partial charge in [-0.1, -0.05) is 38.5 Å². The maximum absolute atomic E-state index is 11.1. The highest BCUT2D eigenvalue weighted by Crippen LogP contribution is 2.63. The summed E-state index contributed by atoms with van der Waals surface area (Å²) in [5, 5.41) is 63.6. The minimum absolute atomic E-state index is 0.0867. The highest BCUT2D eigenvalue weighted by atomic mass is 16.8. The van der Waals surface area contributed by atoms with Gasteiger partial charge in [0, 0.05) is 5.41 Å². The fraction of sp³-hybridized carbons (Fsp3) is 0.875. The number of hydrogen-bond acceptors (Lipinski definition) is 10. The average molecular weight is 599 g/mol. The van der Waals surface area contributed by atoms with Crippen molar-refractivity contribution in [3.63, 3.8) is 0 Å². The minimum atomic E-state index is -1.59. The SMILES string of the molecule is C=C[C@@](C)(O)CC[C@@]1(C)[C@H](C)C[C@H](O[C@@H]2O[C@@H](C)[C@H](O)[C@@H](O)[C@H]2O[C@@H]2O[C@H](C)[C@@H](O)[C@H](O)[C@H]2O)[C@@]2(C)C(C)=CCC[C@H]12. The predicted molar refractivity (Wildman–Crippen MR) is 155 cm³/mol. The zero-order valence-electron chi connectivity index (χ0n) is 26.2. The molecule has 42 heavy (non-hydrogen) atoms. The zero-order valence-corrected chi connectivity index (χ0v) is 26.2. The third kappa shape index (κ3) is 6.01. The van der Waals surface area contributed by atoms with Gasteiger partial charge in [-0.3, -0.25) is 0 Å². The van der Waals surface area contributed by atoms with Crippen LogP contribution in [0.2, 0.25) is 0 Å². The number of fused-ring (bicyclic) bond motifs is 1. The van der Waals surface area contributed by atoms with Crippen molar-refractivity contribution in [3.05, 3.63) is 24.3 Å². The minimum Gasteiger partial charge on any atom is -0.388 e. The summed E-state index contributed by atoms with van der Waals surface area (Å²) >= 11 is 0. The molecule has 2 aliphatic heterocycles. The number of hydrogen-bond donors (Lipinski definition) is 6. The van der Waals surface area contributed by atoms with Gasteiger partial charge in [0.1, 0.15) is 36.6 Å². The number of ether oxygens (including phenoxy) is 4. The molecular weight excluding hydrogens is 544 g/mol. The van der Waals surface area contributed by atoms with Crippen molar-refractivity contribution in [1.82, 2.24) is 0 Å². The van der Waals surface area contributed by atoms with Crippen LogP contribution in [-0.2, 0) is 18.9 Å². The lowest BCUT2D eigenvalue weighted by molar-refractivity contribution is -0.372. The predicted octanol–water partition coefficient (Wildman–Crippen LogP) is 2.18. The Morgan fingerprint density at radius 3 is 2.17 bits per heavy atom. The molecule has 0 bridgehead atoms. The molecule has 0 radical (unpaired) electrons. The van der Waals surface area contributed by atoms with Crippen LogP contribution in [-0.4, -0.2) is 104 Å². The summed E-state index contributed by atoms with van der Waals surface area (Å²) in [4.78, 5) is 0. The Bertz CT molecular complexity index is 986. The summed E-state index contributed by atoms with van der Waals surface area (Å²) in [6, 6.07) is 0. The molecule has 0 aromatic rings. The molecule has 0 unspecified atom stereocenters. The van der Waals surface area contributed by atoms with Crippen LogP contribution in [0.3, 0.4) is 0 Å². The fourth-order valence-electron chi connectivity index (χ4n) is 7.87. The van der Waals surface area contributed by atoms with E-state index in [4.69, 9.17) is 18.9 Å². The molecule has 16 atom stereocenters. The van der Waals surface area contributed by atoms with E-state index in [-0.39, 0.29) is 28.8 Å². The van der Waals surface area contributed by atoms with Crippen LogP contribution in [0.1, 0.15) is 80.6 Å². The molecule has 242 valence electrons. The lowest BCUT2D eigenvalue weighted by Crippen LogP contribution is -2.65. The van der Waals surface area contributed by atoms with Crippen LogP contribution in [0.4, 0.5) is 0 Å². The van der Waals surface area contributed by atoms with Crippen LogP contribution in [0.15, 0.2) is 24.3 Å². The molecule has 2 aliphatic carbocycles. The lowest BCUT2D eigenvalue weighted by Gasteiger charge is -2.61. The van der Waals surface area contributed by atoms with Crippen LogP contribution in [0, 0.1) is 22.7 Å². The Morgan fingerprint density at radius 1 is 0.952 bits per heavy atom. The molecule has 2 saturated heterocycles. The molecule has 10 nitrogen and oxygen atoms in total. The fourth-order valence-corrected chi connectivity index (χ4v) is 7.87. The maximum Gasteiger partial charge on any atom is 0.187 e. The monoisotopic (exact) mass is 598 g/mol. The quantitative estimate of drug-likeness (QED) is 0.229. The first-order valence-electron chi connectivity index (χ1n) is 15.5. The standard InChI is InChI=1S/C32H54O10/c1-9-30(6,38)13-14-31(7)17(3)15-21(32(8)16(2)11-10-12-20(31)32)41-29-27(25(36)23(34)19(5)40-29)42-28-26(37)24(35)22(33)18(4)39-28/h9,11,17-29,33-38H,1,10,12-15H2,2-8H3/t17-,18-,19+,20-,21+,22-,23+,24+,25-,26-,27-,28+,29+,30-,31+,32+/m1/s1. The Hall–Kier alpha value is -0.920. The van der Waals surface area contributed by atoms with E-state index in [2.05, 4.69) is 40.3 Å². The highest BCUT2D eigenvalue weighted by molar-refractivity contribution is 5.24. The Morgan fingerprint density at radius 2 is 1.55 bits per heavy atom. The van der Waals surface area contributed by atoms with Gasteiger partial charge in [0.25, 0.3) is 0 Å². The molecular formula is C32H54O10. The average Bonchev–Trinajstić information content (AvgIpc) is 2.94. The first kappa shape index (κ1) is 34.0. The molecule has 1 saturated carbocycles. The Balaban J connectivity index is 1.63. The first-order chi connectivity index (χ1) is 19.5. The van der Waals surface area contributed by atoms with Crippen LogP contribution in [0.5, 0.6) is 0 Å². The van der Waals surface area contributed by atoms with Gasteiger partial charge in [-0.2, -0.15) is 0 Å². The van der Waals surface area contributed by atoms with Crippen molar-refractivity contribution in [1.29, 1.82) is 0 Å². The molecule has 4 aliphatic rings. The molecule has 6 N–H and O–H groups in total. The van der Waals surface area contributed by atoms with Gasteiger partial charge >= 0.3 is 0 Å². The number of rotatable bonds is 8. The molecule has 3 fully saturated rings. The van der Waals surface area contributed by atoms with E-state index in [1.807, 2.05) is 0 Å². The van der Waals surface area contributed by atoms with Crippen molar-refractivity contribution in [2.45, 2.75) is 154 Å². The topological polar surface area (TPSA) is 158 Å². The summed E-state index contributed by atoms with van der Waals surface area (Å²) in [6.07, 6.45) is -4.88. The Kier molecular flexibility index (Phi) is 10.1. The van der Waals surface area contributed by atoms with Gasteiger partial charge in [0.05, 0.1) is 23.9 Å². The van der Waals surface area contributed by atoms with Gasteiger partial charge in [-0.05, 0) is 77.0 Å². The van der Waals surface area contributed by atoms with Gasteiger partial charge < -0.3 is 49.6 Å². The van der Waals surface area contributed by atoms with Gasteiger partial charge in [0.15, 0.2) is 12.6 Å². The van der Waals surface area contributed by atoms with E-state index in [1.54, 1.807) is 26.8 Å². The van der Waals surface area contributed by atoms with Gasteiger partial charge in [-0.25, -0.2) is 0 Å². The molecule has 0 spiro atoms. The maximum atomic E-state index is 11.1. The highest BCUT2D eigenvalue weighted by Gasteiger charge is 2.60. The summed E-state index contributed by atoms with van der Waals surface area (Å²) in [6.45, 7) is 17.7. The van der Waals surface area contributed by atoms with Crippen molar-refractivity contribution < 1.29 is 49.6 Å². The van der Waals surface area contributed by atoms with Crippen molar-refractivity contribution in [2.75, 3.05) is 0 Å². The van der Waals surface area contributed by atoms with Crippen LogP contribution < -0.4 is 0 Å². The molecule has 2 heterocycles. The van der Waals surface area contributed by atoms with Crippen LogP contribution in [0.25, 0.3) is 0 Å². The van der Waals surface area contributed by atoms with E-state index in [1.165, 1.54) is 5.57 Å². The zero-order chi connectivity index (χ0) is 31.4. The van der Waals surface area contributed by atoms with E-state index in [9.17, 15) is 30.6 Å². The number of allylic oxidation sites excluding steroid dienone is 1. The number of aliphatic hydroxyl groups excluding tert-OH is 5. The van der Waals surface area contributed by atoms with E-state index < -0.39 is 67.0 Å². The third-order valence-corrected chi connectivity index (χ3v) is 11.4. The smallest absolute Gasteiger partial charge is 0.187 e. The second kappa shape index (κ2) is 12.5. The van der Waals surface area contributed by atoms with Crippen molar-refractivity contribution in [2.24, 2.45) is 22.7 Å². The molecule has 10 heteroatoms. The Labute approximate surface area is 250 Å². The molecule has 0 aromatic heterocycles. The van der Waals surface area contributed by atoms with E-state index in [0.29, 0.717) is 12.8 Å². The molecule has 0 aromatic carbocycles. The summed E-state index contributed by atoms with van der Waals surface area (Å²) in [5.41, 5.74) is -0.201. The van der Waals surface area contributed by atoms with Gasteiger partial charge in [-0.15, -0.1) is 6.58 Å². The van der Waals surface area contributed by atoms with Crippen molar-refractivity contribution in [3.8, 4) is 0 Å². The molecule has 0 amide bonds. The van der Waals surface area contributed by atoms with Gasteiger partial charge in [0.2, 0.25) is 0 Å². The largest absolute Gasteiger partial charge is 0.388 e. The second-order valence-electron chi connectivity index (χ2n) is 14.1. The second-order valence-corrected chi connectivity index (χ2v) is 14.1.